The summed E-state index contributed by atoms with van der Waals surface area (Å²) in [5.41, 5.74) is 1.22. The summed E-state index contributed by atoms with van der Waals surface area (Å²) < 4.78 is 5.32. The summed E-state index contributed by atoms with van der Waals surface area (Å²) >= 11 is 0. The zero-order valence-electron chi connectivity index (χ0n) is 14.1. The molecule has 0 radical (unpaired) electrons. The van der Waals surface area contributed by atoms with Gasteiger partial charge in [0, 0.05) is 6.04 Å². The second kappa shape index (κ2) is 7.03. The van der Waals surface area contributed by atoms with E-state index in [4.69, 9.17) is 4.74 Å². The maximum Gasteiger partial charge on any atom is 0.412 e. The highest BCUT2D eigenvalue weighted by atomic mass is 16.6. The van der Waals surface area contributed by atoms with Crippen LogP contribution >= 0.6 is 0 Å². The highest BCUT2D eigenvalue weighted by molar-refractivity contribution is 5.89. The molecule has 1 unspecified atom stereocenters. The molecule has 1 aromatic carbocycles. The summed E-state index contributed by atoms with van der Waals surface area (Å²) in [6, 6.07) is 8.19. The van der Waals surface area contributed by atoms with Crippen molar-refractivity contribution in [1.29, 1.82) is 0 Å². The standard InChI is InChI=1S/C18H28N2O2/c1-13(14-9-5-6-10-14)19-15-11-7-8-12-16(15)20-17(21)22-18(2,3)4/h7-8,11-14,19H,5-6,9-10H2,1-4H3,(H,20,21). The molecule has 4 heteroatoms. The molecular formula is C18H28N2O2. The van der Waals surface area contributed by atoms with Crippen LogP contribution < -0.4 is 10.6 Å². The van der Waals surface area contributed by atoms with Crippen molar-refractivity contribution in [2.24, 2.45) is 5.92 Å². The van der Waals surface area contributed by atoms with Crippen molar-refractivity contribution < 1.29 is 9.53 Å². The van der Waals surface area contributed by atoms with Gasteiger partial charge in [0.25, 0.3) is 0 Å². The summed E-state index contributed by atoms with van der Waals surface area (Å²) in [6.07, 6.45) is 4.81. The minimum Gasteiger partial charge on any atom is -0.444 e. The lowest BCUT2D eigenvalue weighted by molar-refractivity contribution is 0.0636. The average Bonchev–Trinajstić information content (AvgIpc) is 2.92. The fraction of sp³-hybridized carbons (Fsp3) is 0.611. The van der Waals surface area contributed by atoms with Gasteiger partial charge in [0.15, 0.2) is 0 Å². The Balaban J connectivity index is 2.01. The number of rotatable bonds is 4. The molecule has 0 aliphatic heterocycles. The van der Waals surface area contributed by atoms with Crippen LogP contribution in [0.15, 0.2) is 24.3 Å². The van der Waals surface area contributed by atoms with Crippen LogP contribution in [0.5, 0.6) is 0 Å². The number of carbonyl (C=O) groups excluding carboxylic acids is 1. The van der Waals surface area contributed by atoms with E-state index < -0.39 is 11.7 Å². The number of hydrogen-bond acceptors (Lipinski definition) is 3. The van der Waals surface area contributed by atoms with Crippen molar-refractivity contribution in [3.05, 3.63) is 24.3 Å². The Kier molecular flexibility index (Phi) is 5.33. The molecule has 1 amide bonds. The summed E-state index contributed by atoms with van der Waals surface area (Å²) in [4.78, 5) is 12.0. The zero-order valence-corrected chi connectivity index (χ0v) is 14.1. The molecule has 1 fully saturated rings. The summed E-state index contributed by atoms with van der Waals surface area (Å²) in [7, 11) is 0. The largest absolute Gasteiger partial charge is 0.444 e. The molecular weight excluding hydrogens is 276 g/mol. The third-order valence-electron chi connectivity index (χ3n) is 4.05. The van der Waals surface area contributed by atoms with Crippen LogP contribution in [-0.4, -0.2) is 17.7 Å². The third-order valence-corrected chi connectivity index (χ3v) is 4.05. The van der Waals surface area contributed by atoms with Crippen molar-refractivity contribution in [3.63, 3.8) is 0 Å². The molecule has 1 aliphatic carbocycles. The Bertz CT molecular complexity index is 502. The number of amides is 1. The minimum absolute atomic E-state index is 0.407. The topological polar surface area (TPSA) is 50.4 Å². The van der Waals surface area contributed by atoms with Gasteiger partial charge in [-0.1, -0.05) is 25.0 Å². The SMILES string of the molecule is CC(Nc1ccccc1NC(=O)OC(C)(C)C)C1CCCC1. The molecule has 1 aromatic rings. The maximum absolute atomic E-state index is 12.0. The maximum atomic E-state index is 12.0. The monoisotopic (exact) mass is 304 g/mol. The van der Waals surface area contributed by atoms with Crippen LogP contribution in [0.4, 0.5) is 16.2 Å². The molecule has 0 aromatic heterocycles. The van der Waals surface area contributed by atoms with Gasteiger partial charge >= 0.3 is 6.09 Å². The van der Waals surface area contributed by atoms with Gasteiger partial charge in [-0.25, -0.2) is 4.79 Å². The van der Waals surface area contributed by atoms with E-state index in [9.17, 15) is 4.79 Å². The molecule has 0 heterocycles. The van der Waals surface area contributed by atoms with Gasteiger partial charge in [-0.2, -0.15) is 0 Å². The van der Waals surface area contributed by atoms with Crippen molar-refractivity contribution in [1.82, 2.24) is 0 Å². The summed E-state index contributed by atoms with van der Waals surface area (Å²) in [5, 5.41) is 6.39. The van der Waals surface area contributed by atoms with Crippen molar-refractivity contribution in [3.8, 4) is 0 Å². The lowest BCUT2D eigenvalue weighted by Gasteiger charge is -2.24. The first-order valence-corrected chi connectivity index (χ1v) is 8.21. The molecule has 122 valence electrons. The fourth-order valence-electron chi connectivity index (χ4n) is 2.95. The normalized spacial score (nSPS) is 17.1. The molecule has 0 spiro atoms. The molecule has 4 nitrogen and oxygen atoms in total. The van der Waals surface area contributed by atoms with E-state index in [0.29, 0.717) is 6.04 Å². The van der Waals surface area contributed by atoms with Crippen LogP contribution in [0.1, 0.15) is 53.4 Å². The number of anilines is 2. The zero-order chi connectivity index (χ0) is 16.2. The highest BCUT2D eigenvalue weighted by Crippen LogP contribution is 2.31. The Labute approximate surface area is 133 Å². The van der Waals surface area contributed by atoms with Crippen molar-refractivity contribution in [2.75, 3.05) is 10.6 Å². The van der Waals surface area contributed by atoms with Gasteiger partial charge in [0.05, 0.1) is 11.4 Å². The highest BCUT2D eigenvalue weighted by Gasteiger charge is 2.22. The van der Waals surface area contributed by atoms with Gasteiger partial charge in [-0.15, -0.1) is 0 Å². The lowest BCUT2D eigenvalue weighted by Crippen LogP contribution is -2.28. The third kappa shape index (κ3) is 4.93. The van der Waals surface area contributed by atoms with E-state index in [2.05, 4.69) is 17.6 Å². The van der Waals surface area contributed by atoms with E-state index in [1.807, 2.05) is 45.0 Å². The predicted octanol–water partition coefficient (Wildman–Crippen LogP) is 5.02. The first-order valence-electron chi connectivity index (χ1n) is 8.21. The first kappa shape index (κ1) is 16.7. The van der Waals surface area contributed by atoms with Crippen LogP contribution in [0.2, 0.25) is 0 Å². The van der Waals surface area contributed by atoms with Crippen molar-refractivity contribution in [2.45, 2.75) is 65.0 Å². The number of benzene rings is 1. The first-order chi connectivity index (χ1) is 10.3. The van der Waals surface area contributed by atoms with Crippen LogP contribution in [-0.2, 0) is 4.74 Å². The van der Waals surface area contributed by atoms with E-state index in [0.717, 1.165) is 17.3 Å². The molecule has 1 atom stereocenters. The van der Waals surface area contributed by atoms with Gasteiger partial charge in [-0.3, -0.25) is 5.32 Å². The molecule has 22 heavy (non-hydrogen) atoms. The van der Waals surface area contributed by atoms with Crippen molar-refractivity contribution >= 4 is 17.5 Å². The Morgan fingerprint density at radius 3 is 2.36 bits per heavy atom. The summed E-state index contributed by atoms with van der Waals surface area (Å²) in [6.45, 7) is 7.80. The lowest BCUT2D eigenvalue weighted by atomic mass is 9.99. The van der Waals surface area contributed by atoms with Gasteiger partial charge in [-0.05, 0) is 58.6 Å². The molecule has 1 saturated carbocycles. The summed E-state index contributed by atoms with van der Waals surface area (Å²) in [5.74, 6) is 0.717. The molecule has 0 bridgehead atoms. The Hall–Kier alpha value is -1.71. The Morgan fingerprint density at radius 2 is 1.77 bits per heavy atom. The smallest absolute Gasteiger partial charge is 0.412 e. The van der Waals surface area contributed by atoms with E-state index in [1.54, 1.807) is 0 Å². The number of para-hydroxylation sites is 2. The van der Waals surface area contributed by atoms with Gasteiger partial charge < -0.3 is 10.1 Å². The minimum atomic E-state index is -0.496. The second-order valence-electron chi connectivity index (χ2n) is 7.15. The fourth-order valence-corrected chi connectivity index (χ4v) is 2.95. The van der Waals surface area contributed by atoms with Crippen LogP contribution in [0.25, 0.3) is 0 Å². The van der Waals surface area contributed by atoms with Gasteiger partial charge in [0.2, 0.25) is 0 Å². The quantitative estimate of drug-likeness (QED) is 0.820. The molecule has 2 N–H and O–H groups in total. The average molecular weight is 304 g/mol. The number of carbonyl (C=O) groups is 1. The molecule has 2 rings (SSSR count). The van der Waals surface area contributed by atoms with Gasteiger partial charge in [0.1, 0.15) is 5.60 Å². The number of ether oxygens (including phenoxy) is 1. The molecule has 0 saturated heterocycles. The van der Waals surface area contributed by atoms with E-state index >= 15 is 0 Å². The number of nitrogens with one attached hydrogen (secondary N) is 2. The van der Waals surface area contributed by atoms with E-state index in [-0.39, 0.29) is 0 Å². The van der Waals surface area contributed by atoms with E-state index in [1.165, 1.54) is 25.7 Å². The Morgan fingerprint density at radius 1 is 1.18 bits per heavy atom. The predicted molar refractivity (Wildman–Crippen MR) is 91.3 cm³/mol. The second-order valence-corrected chi connectivity index (χ2v) is 7.15. The number of hydrogen-bond donors (Lipinski definition) is 2. The van der Waals surface area contributed by atoms with Crippen LogP contribution in [0, 0.1) is 5.92 Å². The molecule has 1 aliphatic rings. The van der Waals surface area contributed by atoms with Crippen LogP contribution in [0.3, 0.4) is 0 Å².